The maximum atomic E-state index is 14.3. The molecule has 1 atom stereocenters. The van der Waals surface area contributed by atoms with Crippen LogP contribution in [0.4, 0.5) is 4.39 Å². The largest absolute Gasteiger partial charge is 0.461 e. The van der Waals surface area contributed by atoms with Crippen molar-refractivity contribution >= 4 is 28.6 Å². The molecule has 2 N–H and O–H groups in total. The van der Waals surface area contributed by atoms with E-state index in [-0.39, 0.29) is 23.3 Å². The van der Waals surface area contributed by atoms with Gasteiger partial charge in [-0.2, -0.15) is 4.39 Å². The van der Waals surface area contributed by atoms with Gasteiger partial charge in [0.25, 0.3) is 11.7 Å². The summed E-state index contributed by atoms with van der Waals surface area (Å²) in [6.45, 7) is 3.98. The van der Waals surface area contributed by atoms with Crippen LogP contribution in [-0.2, 0) is 20.9 Å². The van der Waals surface area contributed by atoms with Crippen LogP contribution in [0.1, 0.15) is 55.1 Å². The molecule has 1 heterocycles. The number of primary amides is 1. The van der Waals surface area contributed by atoms with Crippen LogP contribution in [0.25, 0.3) is 10.9 Å². The highest BCUT2D eigenvalue weighted by Gasteiger charge is 2.29. The first-order valence-electron chi connectivity index (χ1n) is 10.3. The van der Waals surface area contributed by atoms with Crippen LogP contribution >= 0.6 is 0 Å². The first kappa shape index (κ1) is 21.8. The first-order valence-corrected chi connectivity index (χ1v) is 10.3. The van der Waals surface area contributed by atoms with Gasteiger partial charge in [0.05, 0.1) is 23.1 Å². The molecule has 3 rings (SSSR count). The maximum absolute atomic E-state index is 14.3. The summed E-state index contributed by atoms with van der Waals surface area (Å²) in [7, 11) is 0. The molecule has 1 unspecified atom stereocenters. The number of rotatable bonds is 8. The lowest BCUT2D eigenvalue weighted by atomic mass is 9.89. The fourth-order valence-corrected chi connectivity index (χ4v) is 4.22. The smallest absolute Gasteiger partial charge is 0.381 e. The Morgan fingerprint density at radius 1 is 1.23 bits per heavy atom. The Kier molecular flexibility index (Phi) is 6.74. The molecule has 0 saturated heterocycles. The van der Waals surface area contributed by atoms with E-state index in [9.17, 15) is 18.8 Å². The van der Waals surface area contributed by atoms with Crippen molar-refractivity contribution in [1.29, 1.82) is 0 Å². The number of Topliss-reactive ketones (excluding diaryl/α,β-unsaturated/α-hetero) is 1. The molecule has 30 heavy (non-hydrogen) atoms. The molecule has 0 radical (unpaired) electrons. The third kappa shape index (κ3) is 4.32. The molecule has 1 aromatic heterocycles. The molecule has 1 saturated carbocycles. The van der Waals surface area contributed by atoms with Crippen LogP contribution in [0.5, 0.6) is 5.75 Å². The zero-order valence-corrected chi connectivity index (χ0v) is 17.3. The summed E-state index contributed by atoms with van der Waals surface area (Å²) in [5.74, 6) is -2.70. The number of halogens is 1. The molecule has 1 aromatic carbocycles. The minimum Gasteiger partial charge on any atom is -0.461 e. The number of nitrogens with two attached hydrogens (primary N) is 1. The molecule has 1 fully saturated rings. The quantitative estimate of drug-likeness (QED) is 0.402. The standard InChI is InChI=1S/C22H27FN2O5/c1-3-29-22(28)20(23)30-16-11-7-10-15-18(16)17(19(26)21(24)27)13(2)25(15)12-14-8-5-4-6-9-14/h7,10-11,14,20H,3-6,8-9,12H2,1-2H3,(H2,24,27). The SMILES string of the molecule is CCOC(=O)C(F)Oc1cccc2c1c(C(=O)C(N)=O)c(C)n2CC1CCCCC1. The van der Waals surface area contributed by atoms with Crippen molar-refractivity contribution in [2.24, 2.45) is 11.7 Å². The first-order chi connectivity index (χ1) is 14.3. The summed E-state index contributed by atoms with van der Waals surface area (Å²) in [5.41, 5.74) is 6.56. The third-order valence-corrected chi connectivity index (χ3v) is 5.63. The van der Waals surface area contributed by atoms with Gasteiger partial charge in [-0.1, -0.05) is 25.3 Å². The van der Waals surface area contributed by atoms with Gasteiger partial charge in [0.2, 0.25) is 0 Å². The van der Waals surface area contributed by atoms with E-state index in [1.807, 2.05) is 4.57 Å². The van der Waals surface area contributed by atoms with Gasteiger partial charge in [-0.25, -0.2) is 4.79 Å². The number of nitrogens with zero attached hydrogens (tertiary/aromatic N) is 1. The number of carbonyl (C=O) groups is 3. The van der Waals surface area contributed by atoms with E-state index in [4.69, 9.17) is 10.5 Å². The molecule has 0 aliphatic heterocycles. The zero-order valence-electron chi connectivity index (χ0n) is 17.3. The topological polar surface area (TPSA) is 101 Å². The fourth-order valence-electron chi connectivity index (χ4n) is 4.22. The van der Waals surface area contributed by atoms with Gasteiger partial charge >= 0.3 is 12.3 Å². The van der Waals surface area contributed by atoms with Gasteiger partial charge in [0.1, 0.15) is 5.75 Å². The van der Waals surface area contributed by atoms with Crippen LogP contribution in [0.3, 0.4) is 0 Å². The number of hydrogen-bond donors (Lipinski definition) is 1. The molecule has 0 spiro atoms. The summed E-state index contributed by atoms with van der Waals surface area (Å²) in [4.78, 5) is 36.0. The predicted molar refractivity (Wildman–Crippen MR) is 109 cm³/mol. The molecule has 7 nitrogen and oxygen atoms in total. The highest BCUT2D eigenvalue weighted by Crippen LogP contribution is 2.36. The van der Waals surface area contributed by atoms with Crippen molar-refractivity contribution < 1.29 is 28.2 Å². The number of carbonyl (C=O) groups excluding carboxylic acids is 3. The van der Waals surface area contributed by atoms with Crippen molar-refractivity contribution in [1.82, 2.24) is 4.57 Å². The summed E-state index contributed by atoms with van der Waals surface area (Å²) >= 11 is 0. The monoisotopic (exact) mass is 418 g/mol. The van der Waals surface area contributed by atoms with E-state index in [0.717, 1.165) is 25.7 Å². The number of fused-ring (bicyclic) bond motifs is 1. The number of amides is 1. The molecular formula is C22H27FN2O5. The van der Waals surface area contributed by atoms with Gasteiger partial charge in [-0.05, 0) is 44.7 Å². The van der Waals surface area contributed by atoms with Crippen molar-refractivity contribution in [3.63, 3.8) is 0 Å². The Bertz CT molecular complexity index is 962. The van der Waals surface area contributed by atoms with E-state index in [1.165, 1.54) is 12.5 Å². The molecule has 1 aliphatic rings. The number of alkyl halides is 1. The normalized spacial score (nSPS) is 15.7. The molecular weight excluding hydrogens is 391 g/mol. The molecule has 0 bridgehead atoms. The summed E-state index contributed by atoms with van der Waals surface area (Å²) < 4.78 is 26.1. The van der Waals surface area contributed by atoms with Gasteiger partial charge < -0.3 is 19.8 Å². The third-order valence-electron chi connectivity index (χ3n) is 5.63. The van der Waals surface area contributed by atoms with E-state index in [0.29, 0.717) is 23.7 Å². The lowest BCUT2D eigenvalue weighted by Crippen LogP contribution is -2.25. The van der Waals surface area contributed by atoms with Crippen molar-refractivity contribution in [3.05, 3.63) is 29.5 Å². The van der Waals surface area contributed by atoms with Crippen LogP contribution in [-0.4, -0.2) is 35.2 Å². The van der Waals surface area contributed by atoms with E-state index >= 15 is 0 Å². The molecule has 2 aromatic rings. The average molecular weight is 418 g/mol. The molecule has 1 amide bonds. The van der Waals surface area contributed by atoms with Crippen LogP contribution in [0.15, 0.2) is 18.2 Å². The Labute approximate surface area is 174 Å². The van der Waals surface area contributed by atoms with Crippen LogP contribution < -0.4 is 10.5 Å². The van der Waals surface area contributed by atoms with E-state index in [2.05, 4.69) is 4.74 Å². The number of hydrogen-bond acceptors (Lipinski definition) is 5. The van der Waals surface area contributed by atoms with Gasteiger partial charge in [-0.3, -0.25) is 9.59 Å². The highest BCUT2D eigenvalue weighted by molar-refractivity contribution is 6.45. The Morgan fingerprint density at radius 3 is 2.57 bits per heavy atom. The van der Waals surface area contributed by atoms with E-state index in [1.54, 1.807) is 26.0 Å². The summed E-state index contributed by atoms with van der Waals surface area (Å²) in [5, 5.41) is 0.279. The van der Waals surface area contributed by atoms with Gasteiger partial charge in [-0.15, -0.1) is 0 Å². The minimum absolute atomic E-state index is 0.00903. The maximum Gasteiger partial charge on any atom is 0.381 e. The second-order valence-corrected chi connectivity index (χ2v) is 7.60. The predicted octanol–water partition coefficient (Wildman–Crippen LogP) is 3.44. The molecule has 162 valence electrons. The number of benzene rings is 1. The molecule has 8 heteroatoms. The zero-order chi connectivity index (χ0) is 21.8. The molecule has 1 aliphatic carbocycles. The average Bonchev–Trinajstić information content (AvgIpc) is 3.01. The highest BCUT2D eigenvalue weighted by atomic mass is 19.1. The Hall–Kier alpha value is -2.90. The van der Waals surface area contributed by atoms with Crippen molar-refractivity contribution in [2.45, 2.75) is 58.9 Å². The number of ether oxygens (including phenoxy) is 2. The fraction of sp³-hybridized carbons (Fsp3) is 0.500. The lowest BCUT2D eigenvalue weighted by Gasteiger charge is -2.23. The van der Waals surface area contributed by atoms with Gasteiger partial charge in [0.15, 0.2) is 0 Å². The van der Waals surface area contributed by atoms with Crippen molar-refractivity contribution in [2.75, 3.05) is 6.61 Å². The number of aromatic nitrogens is 1. The Balaban J connectivity index is 2.09. The number of ketones is 1. The lowest BCUT2D eigenvalue weighted by molar-refractivity contribution is -0.159. The van der Waals surface area contributed by atoms with Crippen molar-refractivity contribution in [3.8, 4) is 5.75 Å². The second kappa shape index (κ2) is 9.28. The van der Waals surface area contributed by atoms with Gasteiger partial charge in [0, 0.05) is 12.2 Å². The van der Waals surface area contributed by atoms with E-state index < -0.39 is 24.0 Å². The second-order valence-electron chi connectivity index (χ2n) is 7.60. The Morgan fingerprint density at radius 2 is 1.93 bits per heavy atom. The van der Waals surface area contributed by atoms with Crippen LogP contribution in [0, 0.1) is 12.8 Å². The van der Waals surface area contributed by atoms with Crippen LogP contribution in [0.2, 0.25) is 0 Å². The summed E-state index contributed by atoms with van der Waals surface area (Å²) in [6, 6.07) is 4.90. The number of esters is 1. The summed E-state index contributed by atoms with van der Waals surface area (Å²) in [6.07, 6.45) is 3.36. The minimum atomic E-state index is -2.35.